The number of amides is 2. The number of rotatable bonds is 4. The first-order valence-electron chi connectivity index (χ1n) is 8.73. The minimum Gasteiger partial charge on any atom is -0.346 e. The normalized spacial score (nSPS) is 22.5. The van der Waals surface area contributed by atoms with Gasteiger partial charge in [-0.2, -0.15) is 0 Å². The van der Waals surface area contributed by atoms with Crippen LogP contribution in [-0.4, -0.2) is 38.3 Å². The molecule has 26 heavy (non-hydrogen) atoms. The molecule has 2 aromatic heterocycles. The van der Waals surface area contributed by atoms with E-state index in [0.29, 0.717) is 5.56 Å². The molecule has 0 bridgehead atoms. The topological polar surface area (TPSA) is 84.3 Å². The van der Waals surface area contributed by atoms with E-state index < -0.39 is 0 Å². The zero-order valence-electron chi connectivity index (χ0n) is 14.5. The lowest BCUT2D eigenvalue weighted by Crippen LogP contribution is -2.40. The van der Waals surface area contributed by atoms with Crippen molar-refractivity contribution in [2.45, 2.75) is 37.4 Å². The van der Waals surface area contributed by atoms with Gasteiger partial charge in [0.2, 0.25) is 5.91 Å². The van der Waals surface area contributed by atoms with Crippen LogP contribution in [0.15, 0.2) is 47.7 Å². The van der Waals surface area contributed by atoms with Crippen LogP contribution in [0.5, 0.6) is 0 Å². The van der Waals surface area contributed by atoms with Crippen LogP contribution in [0, 0.1) is 0 Å². The van der Waals surface area contributed by atoms with Crippen LogP contribution in [0.3, 0.4) is 0 Å². The smallest absolute Gasteiger partial charge is 0.251 e. The minimum absolute atomic E-state index is 0.0515. The number of carbonyl (C=O) groups excluding carboxylic acids is 2. The van der Waals surface area contributed by atoms with Gasteiger partial charge in [0, 0.05) is 49.7 Å². The molecule has 7 heteroatoms. The molecular weight excluding hydrogens is 332 g/mol. The van der Waals surface area contributed by atoms with Crippen LogP contribution in [0.4, 0.5) is 0 Å². The highest BCUT2D eigenvalue weighted by molar-refractivity contribution is 5.95. The quantitative estimate of drug-likeness (QED) is 0.890. The molecule has 0 aromatic carbocycles. The van der Waals surface area contributed by atoms with Crippen molar-refractivity contribution in [3.8, 4) is 0 Å². The number of pyridine rings is 2. The maximum atomic E-state index is 12.6. The summed E-state index contributed by atoms with van der Waals surface area (Å²) in [5, 5.41) is 2.96. The molecule has 1 aliphatic heterocycles. The Labute approximate surface area is 150 Å². The summed E-state index contributed by atoms with van der Waals surface area (Å²) in [7, 11) is 1.63. The van der Waals surface area contributed by atoms with Crippen LogP contribution < -0.4 is 10.9 Å². The first kappa shape index (κ1) is 16.5. The number of carbonyl (C=O) groups is 2. The van der Waals surface area contributed by atoms with E-state index in [1.807, 2.05) is 17.0 Å². The highest BCUT2D eigenvalue weighted by atomic mass is 16.2. The fraction of sp³-hybridized carbons (Fsp3) is 0.368. The molecule has 1 saturated heterocycles. The second-order valence-corrected chi connectivity index (χ2v) is 6.91. The van der Waals surface area contributed by atoms with E-state index in [9.17, 15) is 14.4 Å². The number of aromatic nitrogens is 2. The van der Waals surface area contributed by atoms with Crippen molar-refractivity contribution in [1.29, 1.82) is 0 Å². The van der Waals surface area contributed by atoms with Crippen molar-refractivity contribution in [1.82, 2.24) is 19.8 Å². The Balaban J connectivity index is 1.61. The van der Waals surface area contributed by atoms with E-state index in [0.717, 1.165) is 18.4 Å². The fourth-order valence-electron chi connectivity index (χ4n) is 3.55. The summed E-state index contributed by atoms with van der Waals surface area (Å²) in [5.41, 5.74) is 0.971. The molecule has 2 fully saturated rings. The van der Waals surface area contributed by atoms with Gasteiger partial charge < -0.3 is 14.8 Å². The third kappa shape index (κ3) is 3.00. The van der Waals surface area contributed by atoms with Crippen molar-refractivity contribution >= 4 is 11.8 Å². The summed E-state index contributed by atoms with van der Waals surface area (Å²) in [4.78, 5) is 43.0. The van der Waals surface area contributed by atoms with Crippen LogP contribution in [-0.2, 0) is 11.8 Å². The van der Waals surface area contributed by atoms with Crippen molar-refractivity contribution in [3.05, 3.63) is 64.3 Å². The Bertz CT molecular complexity index is 905. The highest BCUT2D eigenvalue weighted by Crippen LogP contribution is 2.41. The summed E-state index contributed by atoms with van der Waals surface area (Å²) in [5.74, 6) is -0.289. The maximum Gasteiger partial charge on any atom is 0.251 e. The van der Waals surface area contributed by atoms with Crippen LogP contribution in [0.1, 0.15) is 41.2 Å². The Morgan fingerprint density at radius 2 is 2.08 bits per heavy atom. The van der Waals surface area contributed by atoms with Crippen molar-refractivity contribution in [3.63, 3.8) is 0 Å². The number of likely N-dealkylation sites (tertiary alicyclic amines) is 1. The molecule has 2 aromatic rings. The van der Waals surface area contributed by atoms with Gasteiger partial charge in [0.25, 0.3) is 11.5 Å². The van der Waals surface area contributed by atoms with Gasteiger partial charge in [-0.3, -0.25) is 19.4 Å². The third-order valence-corrected chi connectivity index (χ3v) is 5.01. The average Bonchev–Trinajstić information content (AvgIpc) is 3.41. The second-order valence-electron chi connectivity index (χ2n) is 6.91. The van der Waals surface area contributed by atoms with Gasteiger partial charge in [-0.25, -0.2) is 0 Å². The molecule has 7 nitrogen and oxygen atoms in total. The van der Waals surface area contributed by atoms with E-state index in [-0.39, 0.29) is 41.9 Å². The highest BCUT2D eigenvalue weighted by Gasteiger charge is 2.47. The Morgan fingerprint density at radius 3 is 2.73 bits per heavy atom. The number of aryl methyl sites for hydroxylation is 1. The van der Waals surface area contributed by atoms with Gasteiger partial charge >= 0.3 is 0 Å². The molecule has 2 atom stereocenters. The standard InChI is InChI=1S/C19H20N4O3/c1-22-8-6-12(9-16(22)24)19(26)21-15-10-17(25)23(14-4-5-14)18(15)13-3-2-7-20-11-13/h2-3,6-9,11,14-15,18H,4-5,10H2,1H3,(H,21,26)/t15-,18+/m1/s1. The largest absolute Gasteiger partial charge is 0.346 e. The molecule has 2 amide bonds. The SMILES string of the molecule is Cn1ccc(C(=O)N[C@@H]2CC(=O)N(C3CC3)[C@H]2c2cccnc2)cc1=O. The van der Waals surface area contributed by atoms with E-state index in [2.05, 4.69) is 10.3 Å². The lowest BCUT2D eigenvalue weighted by atomic mass is 10.0. The molecule has 4 rings (SSSR count). The first-order chi connectivity index (χ1) is 12.5. The fourth-order valence-corrected chi connectivity index (χ4v) is 3.55. The predicted octanol–water partition coefficient (Wildman–Crippen LogP) is 1.01. The van der Waals surface area contributed by atoms with Crippen molar-refractivity contribution in [2.75, 3.05) is 0 Å². The molecule has 1 N–H and O–H groups in total. The van der Waals surface area contributed by atoms with Crippen LogP contribution in [0.2, 0.25) is 0 Å². The van der Waals surface area contributed by atoms with E-state index in [1.54, 1.807) is 31.7 Å². The van der Waals surface area contributed by atoms with Gasteiger partial charge in [0.1, 0.15) is 0 Å². The summed E-state index contributed by atoms with van der Waals surface area (Å²) >= 11 is 0. The van der Waals surface area contributed by atoms with E-state index >= 15 is 0 Å². The average molecular weight is 352 g/mol. The molecule has 3 heterocycles. The van der Waals surface area contributed by atoms with Crippen LogP contribution >= 0.6 is 0 Å². The van der Waals surface area contributed by atoms with Gasteiger partial charge in [-0.15, -0.1) is 0 Å². The number of nitrogens with one attached hydrogen (secondary N) is 1. The lowest BCUT2D eigenvalue weighted by Gasteiger charge is -2.28. The van der Waals surface area contributed by atoms with Gasteiger partial charge in [-0.05, 0) is 30.5 Å². The number of hydrogen-bond acceptors (Lipinski definition) is 4. The zero-order valence-corrected chi connectivity index (χ0v) is 14.5. The lowest BCUT2D eigenvalue weighted by molar-refractivity contribution is -0.129. The molecule has 0 unspecified atom stereocenters. The second kappa shape index (κ2) is 6.40. The maximum absolute atomic E-state index is 12.6. The molecular formula is C19H20N4O3. The molecule has 0 spiro atoms. The molecule has 1 saturated carbocycles. The van der Waals surface area contributed by atoms with Crippen molar-refractivity contribution in [2.24, 2.45) is 7.05 Å². The molecule has 0 radical (unpaired) electrons. The summed E-state index contributed by atoms with van der Waals surface area (Å²) in [6, 6.07) is 6.36. The number of nitrogens with zero attached hydrogens (tertiary/aromatic N) is 3. The molecule has 1 aliphatic carbocycles. The summed E-state index contributed by atoms with van der Waals surface area (Å²) in [6.07, 6.45) is 7.25. The van der Waals surface area contributed by atoms with E-state index in [1.165, 1.54) is 10.6 Å². The minimum atomic E-state index is -0.344. The zero-order chi connectivity index (χ0) is 18.3. The number of hydrogen-bond donors (Lipinski definition) is 1. The predicted molar refractivity (Wildman–Crippen MR) is 94.4 cm³/mol. The van der Waals surface area contributed by atoms with Gasteiger partial charge in [-0.1, -0.05) is 6.07 Å². The Hall–Kier alpha value is -2.96. The Morgan fingerprint density at radius 1 is 1.27 bits per heavy atom. The van der Waals surface area contributed by atoms with E-state index in [4.69, 9.17) is 0 Å². The van der Waals surface area contributed by atoms with Crippen LogP contribution in [0.25, 0.3) is 0 Å². The Kier molecular flexibility index (Phi) is 4.06. The summed E-state index contributed by atoms with van der Waals surface area (Å²) < 4.78 is 1.41. The van der Waals surface area contributed by atoms with Crippen molar-refractivity contribution < 1.29 is 9.59 Å². The summed E-state index contributed by atoms with van der Waals surface area (Å²) in [6.45, 7) is 0. The third-order valence-electron chi connectivity index (χ3n) is 5.01. The monoisotopic (exact) mass is 352 g/mol. The van der Waals surface area contributed by atoms with Gasteiger partial charge in [0.05, 0.1) is 12.1 Å². The molecule has 134 valence electrons. The van der Waals surface area contributed by atoms with Gasteiger partial charge in [0.15, 0.2) is 0 Å². The molecule has 2 aliphatic rings. The first-order valence-corrected chi connectivity index (χ1v) is 8.73.